The van der Waals surface area contributed by atoms with Gasteiger partial charge in [-0.25, -0.2) is 4.98 Å². The van der Waals surface area contributed by atoms with Gasteiger partial charge in [0.2, 0.25) is 0 Å². The number of methoxy groups -OCH3 is 1. The van der Waals surface area contributed by atoms with Crippen molar-refractivity contribution >= 4 is 10.9 Å². The van der Waals surface area contributed by atoms with Crippen LogP contribution in [0.15, 0.2) is 24.3 Å². The second-order valence-corrected chi connectivity index (χ2v) is 4.33. The number of benzene rings is 1. The van der Waals surface area contributed by atoms with Gasteiger partial charge in [0.05, 0.1) is 7.11 Å². The number of hydrogen-bond acceptors (Lipinski definition) is 2. The summed E-state index contributed by atoms with van der Waals surface area (Å²) in [5.74, 6) is 0.880. The van der Waals surface area contributed by atoms with Crippen molar-refractivity contribution in [1.29, 1.82) is 0 Å². The first-order chi connectivity index (χ1) is 7.88. The molecule has 2 aromatic rings. The molecule has 0 atom stereocenters. The zero-order valence-electron chi connectivity index (χ0n) is 9.49. The molecule has 2 nitrogen and oxygen atoms in total. The molecule has 0 bridgehead atoms. The Morgan fingerprint density at radius 2 is 2.06 bits per heavy atom. The molecule has 0 radical (unpaired) electrons. The van der Waals surface area contributed by atoms with Gasteiger partial charge in [0.15, 0.2) is 0 Å². The van der Waals surface area contributed by atoms with E-state index >= 15 is 0 Å². The summed E-state index contributed by atoms with van der Waals surface area (Å²) in [5, 5.41) is 1.19. The van der Waals surface area contributed by atoms with Crippen molar-refractivity contribution < 1.29 is 4.74 Å². The summed E-state index contributed by atoms with van der Waals surface area (Å²) in [6.07, 6.45) is 4.85. The Labute approximate surface area is 95.3 Å². The van der Waals surface area contributed by atoms with Gasteiger partial charge in [-0.15, -0.1) is 0 Å². The van der Waals surface area contributed by atoms with Crippen LogP contribution in [0.3, 0.4) is 0 Å². The maximum atomic E-state index is 5.36. The second-order valence-electron chi connectivity index (χ2n) is 4.33. The fraction of sp³-hybridized carbons (Fsp3) is 0.357. The van der Waals surface area contributed by atoms with Gasteiger partial charge in [0.25, 0.3) is 0 Å². The Morgan fingerprint density at radius 1 is 1.19 bits per heavy atom. The highest BCUT2D eigenvalue weighted by Gasteiger charge is 2.13. The summed E-state index contributed by atoms with van der Waals surface area (Å²) in [6.45, 7) is 0. The van der Waals surface area contributed by atoms with Gasteiger partial charge in [-0.3, -0.25) is 0 Å². The Bertz CT molecular complexity index is 533. The fourth-order valence-corrected chi connectivity index (χ4v) is 2.46. The lowest BCUT2D eigenvalue weighted by Crippen LogP contribution is -2.05. The van der Waals surface area contributed by atoms with E-state index in [9.17, 15) is 0 Å². The minimum atomic E-state index is 0.880. The van der Waals surface area contributed by atoms with Gasteiger partial charge in [-0.2, -0.15) is 0 Å². The Kier molecular flexibility index (Phi) is 2.28. The van der Waals surface area contributed by atoms with Crippen molar-refractivity contribution in [3.63, 3.8) is 0 Å². The molecule has 3 rings (SSSR count). The molecule has 1 aliphatic carbocycles. The largest absolute Gasteiger partial charge is 0.494 e. The molecule has 1 aliphatic rings. The van der Waals surface area contributed by atoms with Gasteiger partial charge in [0.1, 0.15) is 11.3 Å². The summed E-state index contributed by atoms with van der Waals surface area (Å²) < 4.78 is 5.36. The second kappa shape index (κ2) is 3.78. The average Bonchev–Trinajstić information content (AvgIpc) is 2.35. The van der Waals surface area contributed by atoms with Crippen LogP contribution in [-0.4, -0.2) is 12.1 Å². The first-order valence-corrected chi connectivity index (χ1v) is 5.84. The molecule has 1 aromatic heterocycles. The number of aryl methyl sites for hydroxylation is 2. The van der Waals surface area contributed by atoms with E-state index in [0.717, 1.165) is 17.7 Å². The van der Waals surface area contributed by atoms with Crippen LogP contribution in [0, 0.1) is 0 Å². The molecule has 0 N–H and O–H groups in total. The van der Waals surface area contributed by atoms with E-state index in [0.29, 0.717) is 0 Å². The van der Waals surface area contributed by atoms with Crippen LogP contribution in [0.4, 0.5) is 0 Å². The summed E-state index contributed by atoms with van der Waals surface area (Å²) in [6, 6.07) is 8.39. The number of fused-ring (bicyclic) bond motifs is 2. The van der Waals surface area contributed by atoms with E-state index in [1.807, 2.05) is 12.1 Å². The van der Waals surface area contributed by atoms with Crippen LogP contribution in [-0.2, 0) is 12.8 Å². The number of ether oxygens (including phenoxy) is 1. The molecule has 0 unspecified atom stereocenters. The molecular weight excluding hydrogens is 198 g/mol. The summed E-state index contributed by atoms with van der Waals surface area (Å²) >= 11 is 0. The number of pyridine rings is 1. The van der Waals surface area contributed by atoms with Gasteiger partial charge in [-0.05, 0) is 43.4 Å². The molecule has 0 saturated heterocycles. The van der Waals surface area contributed by atoms with Crippen molar-refractivity contribution in [3.05, 3.63) is 35.5 Å². The first kappa shape index (κ1) is 9.64. The molecule has 0 fully saturated rings. The van der Waals surface area contributed by atoms with Crippen molar-refractivity contribution in [2.45, 2.75) is 25.7 Å². The van der Waals surface area contributed by atoms with Gasteiger partial charge in [-0.1, -0.05) is 12.1 Å². The van der Waals surface area contributed by atoms with Crippen LogP contribution in [0.5, 0.6) is 5.75 Å². The zero-order valence-corrected chi connectivity index (χ0v) is 9.49. The lowest BCUT2D eigenvalue weighted by atomic mass is 9.95. The summed E-state index contributed by atoms with van der Waals surface area (Å²) in [7, 11) is 1.70. The quantitative estimate of drug-likeness (QED) is 0.726. The van der Waals surface area contributed by atoms with Crippen LogP contribution < -0.4 is 4.74 Å². The molecule has 1 aromatic carbocycles. The van der Waals surface area contributed by atoms with Crippen molar-refractivity contribution in [3.8, 4) is 5.75 Å². The van der Waals surface area contributed by atoms with Gasteiger partial charge in [0, 0.05) is 11.1 Å². The highest BCUT2D eigenvalue weighted by molar-refractivity contribution is 5.85. The average molecular weight is 213 g/mol. The third kappa shape index (κ3) is 1.45. The number of para-hydroxylation sites is 1. The lowest BCUT2D eigenvalue weighted by molar-refractivity contribution is 0.418. The lowest BCUT2D eigenvalue weighted by Gasteiger charge is -2.16. The molecule has 82 valence electrons. The topological polar surface area (TPSA) is 22.1 Å². The van der Waals surface area contributed by atoms with E-state index in [2.05, 4.69) is 12.1 Å². The summed E-state index contributed by atoms with van der Waals surface area (Å²) in [4.78, 5) is 4.76. The smallest absolute Gasteiger partial charge is 0.145 e. The molecule has 0 amide bonds. The fourth-order valence-electron chi connectivity index (χ4n) is 2.46. The van der Waals surface area contributed by atoms with Crippen molar-refractivity contribution in [1.82, 2.24) is 4.98 Å². The van der Waals surface area contributed by atoms with Gasteiger partial charge < -0.3 is 4.74 Å². The molecule has 16 heavy (non-hydrogen) atoms. The molecule has 0 saturated carbocycles. The summed E-state index contributed by atoms with van der Waals surface area (Å²) in [5.41, 5.74) is 3.70. The van der Waals surface area contributed by atoms with E-state index in [4.69, 9.17) is 9.72 Å². The van der Waals surface area contributed by atoms with Crippen LogP contribution >= 0.6 is 0 Å². The zero-order chi connectivity index (χ0) is 11.0. The number of rotatable bonds is 1. The predicted octanol–water partition coefficient (Wildman–Crippen LogP) is 3.12. The highest BCUT2D eigenvalue weighted by Crippen LogP contribution is 2.28. The van der Waals surface area contributed by atoms with E-state index in [-0.39, 0.29) is 0 Å². The molecule has 0 spiro atoms. The van der Waals surface area contributed by atoms with Gasteiger partial charge >= 0.3 is 0 Å². The standard InChI is InChI=1S/C14H15NO/c1-16-13-8-4-6-11-9-10-5-2-3-7-12(10)15-14(11)13/h4,6,8-9H,2-3,5,7H2,1H3. The Morgan fingerprint density at radius 3 is 2.94 bits per heavy atom. The predicted molar refractivity (Wildman–Crippen MR) is 64.9 cm³/mol. The molecule has 0 aliphatic heterocycles. The minimum absolute atomic E-state index is 0.880. The normalized spacial score (nSPS) is 14.8. The van der Waals surface area contributed by atoms with Crippen LogP contribution in [0.1, 0.15) is 24.1 Å². The molecule has 2 heteroatoms. The third-order valence-electron chi connectivity index (χ3n) is 3.31. The number of nitrogens with zero attached hydrogens (tertiary/aromatic N) is 1. The third-order valence-corrected chi connectivity index (χ3v) is 3.31. The molecule has 1 heterocycles. The van der Waals surface area contributed by atoms with E-state index in [1.54, 1.807) is 7.11 Å². The Balaban J connectivity index is 2.27. The van der Waals surface area contributed by atoms with Crippen LogP contribution in [0.2, 0.25) is 0 Å². The molecular formula is C14H15NO. The van der Waals surface area contributed by atoms with E-state index < -0.39 is 0 Å². The van der Waals surface area contributed by atoms with Crippen molar-refractivity contribution in [2.24, 2.45) is 0 Å². The SMILES string of the molecule is COc1cccc2cc3c(nc12)CCCC3. The minimum Gasteiger partial charge on any atom is -0.494 e. The maximum Gasteiger partial charge on any atom is 0.145 e. The monoisotopic (exact) mass is 213 g/mol. The van der Waals surface area contributed by atoms with Crippen LogP contribution in [0.25, 0.3) is 10.9 Å². The number of hydrogen-bond donors (Lipinski definition) is 0. The van der Waals surface area contributed by atoms with E-state index in [1.165, 1.54) is 35.9 Å². The Hall–Kier alpha value is -1.57. The van der Waals surface area contributed by atoms with Crippen molar-refractivity contribution in [2.75, 3.05) is 7.11 Å². The first-order valence-electron chi connectivity index (χ1n) is 5.84. The highest BCUT2D eigenvalue weighted by atomic mass is 16.5. The maximum absolute atomic E-state index is 5.36. The number of aromatic nitrogens is 1.